The molecule has 0 unspecified atom stereocenters. The van der Waals surface area contributed by atoms with Crippen LogP contribution in [0.15, 0.2) is 52.2 Å². The minimum atomic E-state index is -0.0965. The lowest BCUT2D eigenvalue weighted by atomic mass is 10.2. The zero-order valence-electron chi connectivity index (χ0n) is 15.7. The fraction of sp³-hybridized carbons (Fsp3) is 0.300. The van der Waals surface area contributed by atoms with Gasteiger partial charge in [0.2, 0.25) is 11.8 Å². The lowest BCUT2D eigenvalue weighted by molar-refractivity contribution is -0.118. The topological polar surface area (TPSA) is 84.1 Å². The van der Waals surface area contributed by atoms with Gasteiger partial charge >= 0.3 is 0 Å². The maximum Gasteiger partial charge on any atom is 0.277 e. The van der Waals surface area contributed by atoms with Crippen molar-refractivity contribution in [2.24, 2.45) is 0 Å². The summed E-state index contributed by atoms with van der Waals surface area (Å²) in [5.74, 6) is 1.48. The fourth-order valence-electron chi connectivity index (χ4n) is 3.05. The van der Waals surface area contributed by atoms with E-state index >= 15 is 0 Å². The molecule has 1 aliphatic heterocycles. The van der Waals surface area contributed by atoms with E-state index in [4.69, 9.17) is 16.0 Å². The molecule has 1 N–H and O–H groups in total. The first-order chi connectivity index (χ1) is 14.2. The Labute approximate surface area is 177 Å². The van der Waals surface area contributed by atoms with Gasteiger partial charge < -0.3 is 14.6 Å². The lowest BCUT2D eigenvalue weighted by Gasteiger charge is -2.16. The van der Waals surface area contributed by atoms with E-state index in [0.29, 0.717) is 22.7 Å². The zero-order chi connectivity index (χ0) is 20.1. The Kier molecular flexibility index (Phi) is 6.31. The Bertz CT molecular complexity index is 973. The summed E-state index contributed by atoms with van der Waals surface area (Å²) in [7, 11) is 0. The summed E-state index contributed by atoms with van der Waals surface area (Å²) in [6.45, 7) is 2.55. The Morgan fingerprint density at radius 2 is 1.97 bits per heavy atom. The molecule has 29 heavy (non-hydrogen) atoms. The number of benzene rings is 1. The highest BCUT2D eigenvalue weighted by Gasteiger charge is 2.14. The SMILES string of the molecule is O=C(CSc1nnc(-c2ccc(Cl)cc2)o1)NCc1ccnc(N2CCCC2)c1. The van der Waals surface area contributed by atoms with Gasteiger partial charge in [0.15, 0.2) is 0 Å². The van der Waals surface area contributed by atoms with E-state index in [1.165, 1.54) is 24.6 Å². The highest BCUT2D eigenvalue weighted by atomic mass is 35.5. The van der Waals surface area contributed by atoms with Crippen LogP contribution < -0.4 is 10.2 Å². The Morgan fingerprint density at radius 3 is 2.76 bits per heavy atom. The van der Waals surface area contributed by atoms with Crippen molar-refractivity contribution in [2.75, 3.05) is 23.7 Å². The number of carbonyl (C=O) groups excluding carboxylic acids is 1. The largest absolute Gasteiger partial charge is 0.411 e. The number of pyridine rings is 1. The van der Waals surface area contributed by atoms with Crippen molar-refractivity contribution < 1.29 is 9.21 Å². The summed E-state index contributed by atoms with van der Waals surface area (Å²) in [6.07, 6.45) is 4.20. The van der Waals surface area contributed by atoms with E-state index in [1.54, 1.807) is 18.3 Å². The molecule has 3 heterocycles. The number of anilines is 1. The fourth-order valence-corrected chi connectivity index (χ4v) is 3.76. The summed E-state index contributed by atoms with van der Waals surface area (Å²) in [5, 5.41) is 11.9. The van der Waals surface area contributed by atoms with Gasteiger partial charge in [-0.1, -0.05) is 23.4 Å². The molecule has 4 rings (SSSR count). The first-order valence-electron chi connectivity index (χ1n) is 9.36. The van der Waals surface area contributed by atoms with Crippen molar-refractivity contribution in [2.45, 2.75) is 24.6 Å². The molecule has 1 aliphatic rings. The maximum absolute atomic E-state index is 12.2. The number of carbonyl (C=O) groups is 1. The smallest absolute Gasteiger partial charge is 0.277 e. The van der Waals surface area contributed by atoms with E-state index < -0.39 is 0 Å². The van der Waals surface area contributed by atoms with Gasteiger partial charge in [0, 0.05) is 36.4 Å². The van der Waals surface area contributed by atoms with Gasteiger partial charge in [0.1, 0.15) is 5.82 Å². The third-order valence-corrected chi connectivity index (χ3v) is 5.62. The molecule has 0 atom stereocenters. The van der Waals surface area contributed by atoms with Crippen LogP contribution in [0, 0.1) is 0 Å². The minimum absolute atomic E-state index is 0.0965. The van der Waals surface area contributed by atoms with Gasteiger partial charge in [0.25, 0.3) is 5.22 Å². The third-order valence-electron chi connectivity index (χ3n) is 4.55. The highest BCUT2D eigenvalue weighted by Crippen LogP contribution is 2.24. The quantitative estimate of drug-likeness (QED) is 0.572. The van der Waals surface area contributed by atoms with E-state index in [9.17, 15) is 4.79 Å². The van der Waals surface area contributed by atoms with Gasteiger partial charge in [-0.2, -0.15) is 0 Å². The van der Waals surface area contributed by atoms with E-state index in [-0.39, 0.29) is 11.7 Å². The van der Waals surface area contributed by atoms with Gasteiger partial charge in [-0.15, -0.1) is 10.2 Å². The van der Waals surface area contributed by atoms with Gasteiger partial charge in [-0.25, -0.2) is 4.98 Å². The van der Waals surface area contributed by atoms with Crippen LogP contribution in [0.2, 0.25) is 5.02 Å². The molecule has 0 saturated carbocycles. The molecular weight excluding hydrogens is 410 g/mol. The standard InChI is InChI=1S/C20H20ClN5O2S/c21-16-5-3-15(4-6-16)19-24-25-20(28-19)29-13-18(27)23-12-14-7-8-22-17(11-14)26-9-1-2-10-26/h3-8,11H,1-2,9-10,12-13H2,(H,23,27). The minimum Gasteiger partial charge on any atom is -0.411 e. The van der Waals surface area contributed by atoms with Crippen LogP contribution in [0.1, 0.15) is 18.4 Å². The first kappa shape index (κ1) is 19.7. The number of amides is 1. The number of rotatable bonds is 7. The van der Waals surface area contributed by atoms with Crippen molar-refractivity contribution >= 4 is 35.1 Å². The molecule has 9 heteroatoms. The summed E-state index contributed by atoms with van der Waals surface area (Å²) in [5.41, 5.74) is 1.81. The molecule has 3 aromatic rings. The highest BCUT2D eigenvalue weighted by molar-refractivity contribution is 7.99. The number of thioether (sulfide) groups is 1. The summed E-state index contributed by atoms with van der Waals surface area (Å²) >= 11 is 7.09. The monoisotopic (exact) mass is 429 g/mol. The number of halogens is 1. The molecule has 0 aliphatic carbocycles. The van der Waals surface area contributed by atoms with Crippen molar-refractivity contribution in [3.8, 4) is 11.5 Å². The first-order valence-corrected chi connectivity index (χ1v) is 10.7. The number of hydrogen-bond acceptors (Lipinski definition) is 7. The number of aromatic nitrogens is 3. The van der Waals surface area contributed by atoms with Crippen LogP contribution in [0.25, 0.3) is 11.5 Å². The molecule has 1 amide bonds. The Hall–Kier alpha value is -2.58. The second-order valence-electron chi connectivity index (χ2n) is 6.66. The van der Waals surface area contributed by atoms with Crippen LogP contribution >= 0.6 is 23.4 Å². The predicted octanol–water partition coefficient (Wildman–Crippen LogP) is 3.79. The molecule has 1 aromatic carbocycles. The molecule has 150 valence electrons. The second-order valence-corrected chi connectivity index (χ2v) is 8.02. The van der Waals surface area contributed by atoms with Gasteiger partial charge in [0.05, 0.1) is 5.75 Å². The molecule has 0 bridgehead atoms. The van der Waals surface area contributed by atoms with Crippen molar-refractivity contribution in [3.63, 3.8) is 0 Å². The molecular formula is C20H20ClN5O2S. The number of nitrogens with one attached hydrogen (secondary N) is 1. The molecule has 0 spiro atoms. The maximum atomic E-state index is 12.2. The van der Waals surface area contributed by atoms with Crippen molar-refractivity contribution in [1.29, 1.82) is 0 Å². The van der Waals surface area contributed by atoms with E-state index in [0.717, 1.165) is 30.0 Å². The molecule has 0 radical (unpaired) electrons. The number of nitrogens with zero attached hydrogens (tertiary/aromatic N) is 4. The van der Waals surface area contributed by atoms with E-state index in [2.05, 4.69) is 25.4 Å². The Morgan fingerprint density at radius 1 is 1.17 bits per heavy atom. The average Bonchev–Trinajstić information content (AvgIpc) is 3.44. The number of hydrogen-bond donors (Lipinski definition) is 1. The predicted molar refractivity (Wildman–Crippen MR) is 113 cm³/mol. The third kappa shape index (κ3) is 5.27. The zero-order valence-corrected chi connectivity index (χ0v) is 17.2. The van der Waals surface area contributed by atoms with Gasteiger partial charge in [-0.3, -0.25) is 4.79 Å². The van der Waals surface area contributed by atoms with E-state index in [1.807, 2.05) is 24.3 Å². The van der Waals surface area contributed by atoms with Crippen molar-refractivity contribution in [3.05, 3.63) is 53.2 Å². The molecule has 1 fully saturated rings. The normalized spacial score (nSPS) is 13.6. The van der Waals surface area contributed by atoms with Crippen LogP contribution in [-0.2, 0) is 11.3 Å². The summed E-state index contributed by atoms with van der Waals surface area (Å²) in [4.78, 5) is 18.9. The molecule has 2 aromatic heterocycles. The van der Waals surface area contributed by atoms with Crippen LogP contribution in [0.4, 0.5) is 5.82 Å². The second kappa shape index (κ2) is 9.28. The Balaban J connectivity index is 1.26. The van der Waals surface area contributed by atoms with Gasteiger partial charge in [-0.05, 0) is 54.8 Å². The summed E-state index contributed by atoms with van der Waals surface area (Å²) in [6, 6.07) is 11.1. The van der Waals surface area contributed by atoms with Crippen LogP contribution in [-0.4, -0.2) is 39.9 Å². The van der Waals surface area contributed by atoms with Crippen molar-refractivity contribution in [1.82, 2.24) is 20.5 Å². The van der Waals surface area contributed by atoms with Crippen LogP contribution in [0.3, 0.4) is 0 Å². The molecule has 1 saturated heterocycles. The summed E-state index contributed by atoms with van der Waals surface area (Å²) < 4.78 is 5.60. The average molecular weight is 430 g/mol. The molecule has 7 nitrogen and oxygen atoms in total. The van der Waals surface area contributed by atoms with Crippen LogP contribution in [0.5, 0.6) is 0 Å². The lowest BCUT2D eigenvalue weighted by Crippen LogP contribution is -2.25.